The lowest BCUT2D eigenvalue weighted by atomic mass is 10.0. The molecule has 0 saturated carbocycles. The highest BCUT2D eigenvalue weighted by Gasteiger charge is 2.37. The van der Waals surface area contributed by atoms with Gasteiger partial charge in [-0.3, -0.25) is 4.79 Å². The highest BCUT2D eigenvalue weighted by atomic mass is 16.5. The molecule has 3 aromatic rings. The van der Waals surface area contributed by atoms with Crippen LogP contribution in [0.25, 0.3) is 11.8 Å². The van der Waals surface area contributed by atoms with Crippen molar-refractivity contribution < 1.29 is 14.3 Å². The Balaban J connectivity index is 1.77. The predicted octanol–water partition coefficient (Wildman–Crippen LogP) is 5.28. The van der Waals surface area contributed by atoms with E-state index >= 15 is 0 Å². The third-order valence-electron chi connectivity index (χ3n) is 6.15. The normalized spacial score (nSPS) is 15.0. The van der Waals surface area contributed by atoms with Crippen molar-refractivity contribution >= 4 is 18.0 Å². The van der Waals surface area contributed by atoms with Crippen LogP contribution in [-0.4, -0.2) is 28.5 Å². The van der Waals surface area contributed by atoms with Crippen molar-refractivity contribution in [2.45, 2.75) is 34.2 Å². The van der Waals surface area contributed by atoms with Crippen LogP contribution in [0, 0.1) is 20.8 Å². The van der Waals surface area contributed by atoms with Gasteiger partial charge in [0.1, 0.15) is 0 Å². The first-order valence-corrected chi connectivity index (χ1v) is 10.9. The maximum atomic E-state index is 13.5. The summed E-state index contributed by atoms with van der Waals surface area (Å²) >= 11 is 0. The summed E-state index contributed by atoms with van der Waals surface area (Å²) in [4.78, 5) is 27.8. The molecule has 33 heavy (non-hydrogen) atoms. The largest absolute Gasteiger partial charge is 0.465 e. The molecule has 1 amide bonds. The fraction of sp³-hybridized carbons (Fsp3) is 0.214. The Morgan fingerprint density at radius 2 is 1.64 bits per heavy atom. The summed E-state index contributed by atoms with van der Waals surface area (Å²) in [7, 11) is 1.34. The zero-order chi connectivity index (χ0) is 23.7. The van der Waals surface area contributed by atoms with Crippen molar-refractivity contribution in [2.24, 2.45) is 0 Å². The molecule has 1 aromatic heterocycles. The minimum Gasteiger partial charge on any atom is -0.465 e. The maximum absolute atomic E-state index is 13.5. The van der Waals surface area contributed by atoms with Crippen molar-refractivity contribution in [3.8, 4) is 5.69 Å². The number of allylic oxidation sites excluding steroid dienone is 1. The highest BCUT2D eigenvalue weighted by molar-refractivity contribution is 6.16. The predicted molar refractivity (Wildman–Crippen MR) is 130 cm³/mol. The minimum atomic E-state index is -0.504. The number of amides is 1. The van der Waals surface area contributed by atoms with Gasteiger partial charge in [-0.25, -0.2) is 4.79 Å². The average Bonchev–Trinajstić information content (AvgIpc) is 3.22. The molecule has 0 fully saturated rings. The second kappa shape index (κ2) is 8.94. The third-order valence-corrected chi connectivity index (χ3v) is 6.15. The highest BCUT2D eigenvalue weighted by Crippen LogP contribution is 2.34. The number of carbonyl (C=O) groups is 2. The molecule has 0 spiro atoms. The Morgan fingerprint density at radius 3 is 2.27 bits per heavy atom. The number of methoxy groups -OCH3 is 1. The first kappa shape index (κ1) is 22.3. The van der Waals surface area contributed by atoms with Crippen LogP contribution in [0.4, 0.5) is 0 Å². The van der Waals surface area contributed by atoms with E-state index in [4.69, 9.17) is 4.74 Å². The Hall–Kier alpha value is -3.86. The number of rotatable bonds is 5. The number of esters is 1. The van der Waals surface area contributed by atoms with Gasteiger partial charge in [0.2, 0.25) is 0 Å². The molecule has 2 heterocycles. The average molecular weight is 441 g/mol. The van der Waals surface area contributed by atoms with E-state index in [0.717, 1.165) is 33.8 Å². The van der Waals surface area contributed by atoms with Crippen LogP contribution in [0.3, 0.4) is 0 Å². The second-order valence-corrected chi connectivity index (χ2v) is 8.38. The SMILES string of the molecule is COC(=O)C1=C(C)N(Cc2ccc(C)cc2)C(=O)/C1=C\c1cc(C)n(-c2ccccc2)c1C. The van der Waals surface area contributed by atoms with Crippen LogP contribution >= 0.6 is 0 Å². The second-order valence-electron chi connectivity index (χ2n) is 8.38. The topological polar surface area (TPSA) is 51.5 Å². The quantitative estimate of drug-likeness (QED) is 0.401. The van der Waals surface area contributed by atoms with E-state index in [1.165, 1.54) is 7.11 Å². The Labute approximate surface area is 194 Å². The van der Waals surface area contributed by atoms with Gasteiger partial charge in [0.25, 0.3) is 5.91 Å². The van der Waals surface area contributed by atoms with E-state index < -0.39 is 5.97 Å². The third kappa shape index (κ3) is 4.14. The van der Waals surface area contributed by atoms with Gasteiger partial charge >= 0.3 is 5.97 Å². The number of nitrogens with zero attached hydrogens (tertiary/aromatic N) is 2. The lowest BCUT2D eigenvalue weighted by Gasteiger charge is -2.18. The molecule has 1 aliphatic heterocycles. The number of ether oxygens (including phenoxy) is 1. The molecule has 168 valence electrons. The number of benzene rings is 2. The van der Waals surface area contributed by atoms with Gasteiger partial charge in [-0.1, -0.05) is 48.0 Å². The summed E-state index contributed by atoms with van der Waals surface area (Å²) in [5.74, 6) is -0.701. The molecule has 5 heteroatoms. The van der Waals surface area contributed by atoms with Crippen molar-refractivity contribution in [1.82, 2.24) is 9.47 Å². The van der Waals surface area contributed by atoms with Crippen LogP contribution in [0.15, 0.2) is 77.5 Å². The van der Waals surface area contributed by atoms with E-state index in [1.807, 2.05) is 87.5 Å². The first-order chi connectivity index (χ1) is 15.8. The fourth-order valence-corrected chi connectivity index (χ4v) is 4.36. The van der Waals surface area contributed by atoms with Gasteiger partial charge in [-0.05, 0) is 63.1 Å². The van der Waals surface area contributed by atoms with Crippen LogP contribution in [0.2, 0.25) is 0 Å². The Bertz CT molecular complexity index is 1280. The zero-order valence-electron chi connectivity index (χ0n) is 19.7. The molecular formula is C28H28N2O3. The van der Waals surface area contributed by atoms with Gasteiger partial charge in [-0.2, -0.15) is 0 Å². The summed E-state index contributed by atoms with van der Waals surface area (Å²) in [6, 6.07) is 20.2. The standard InChI is InChI=1S/C28H28N2O3/c1-18-11-13-22(14-12-18)17-29-21(4)26(28(32)33-5)25(27(29)31)16-23-15-19(2)30(20(23)3)24-9-7-6-8-10-24/h6-16H,17H2,1-5H3/b25-16-. The first-order valence-electron chi connectivity index (χ1n) is 10.9. The lowest BCUT2D eigenvalue weighted by molar-refractivity contribution is -0.136. The van der Waals surface area contributed by atoms with E-state index in [2.05, 4.69) is 4.57 Å². The maximum Gasteiger partial charge on any atom is 0.340 e. The minimum absolute atomic E-state index is 0.196. The molecule has 0 aliphatic carbocycles. The molecule has 0 unspecified atom stereocenters. The Kier molecular flexibility index (Phi) is 6.05. The van der Waals surface area contributed by atoms with Crippen LogP contribution < -0.4 is 0 Å². The van der Waals surface area contributed by atoms with Crippen molar-refractivity contribution in [2.75, 3.05) is 7.11 Å². The van der Waals surface area contributed by atoms with Crippen molar-refractivity contribution in [3.05, 3.63) is 106 Å². The van der Waals surface area contributed by atoms with Crippen LogP contribution in [-0.2, 0) is 20.9 Å². The number of hydrogen-bond acceptors (Lipinski definition) is 3. The van der Waals surface area contributed by atoms with E-state index in [9.17, 15) is 9.59 Å². The van der Waals surface area contributed by atoms with E-state index in [1.54, 1.807) is 11.8 Å². The molecule has 1 aliphatic rings. The smallest absolute Gasteiger partial charge is 0.340 e. The van der Waals surface area contributed by atoms with Crippen molar-refractivity contribution in [3.63, 3.8) is 0 Å². The Morgan fingerprint density at radius 1 is 0.970 bits per heavy atom. The van der Waals surface area contributed by atoms with Gasteiger partial charge in [0.15, 0.2) is 0 Å². The molecule has 0 atom stereocenters. The summed E-state index contributed by atoms with van der Waals surface area (Å²) in [5, 5.41) is 0. The van der Waals surface area contributed by atoms with Gasteiger partial charge < -0.3 is 14.2 Å². The van der Waals surface area contributed by atoms with Gasteiger partial charge in [0, 0.05) is 22.8 Å². The molecule has 0 saturated heterocycles. The number of carbonyl (C=O) groups excluding carboxylic acids is 2. The summed E-state index contributed by atoms with van der Waals surface area (Å²) in [6.07, 6.45) is 1.81. The lowest BCUT2D eigenvalue weighted by Crippen LogP contribution is -2.24. The summed E-state index contributed by atoms with van der Waals surface area (Å²) in [5.41, 5.74) is 7.44. The van der Waals surface area contributed by atoms with Crippen LogP contribution in [0.5, 0.6) is 0 Å². The summed E-state index contributed by atoms with van der Waals surface area (Å²) in [6.45, 7) is 8.27. The number of para-hydroxylation sites is 1. The van der Waals surface area contributed by atoms with Gasteiger partial charge in [-0.15, -0.1) is 0 Å². The molecule has 0 bridgehead atoms. The van der Waals surface area contributed by atoms with Crippen LogP contribution in [0.1, 0.15) is 35.0 Å². The van der Waals surface area contributed by atoms with E-state index in [-0.39, 0.29) is 5.91 Å². The monoisotopic (exact) mass is 440 g/mol. The van der Waals surface area contributed by atoms with E-state index in [0.29, 0.717) is 23.4 Å². The molecular weight excluding hydrogens is 412 g/mol. The van der Waals surface area contributed by atoms with Gasteiger partial charge in [0.05, 0.1) is 24.8 Å². The molecule has 0 N–H and O–H groups in total. The van der Waals surface area contributed by atoms with Crippen molar-refractivity contribution in [1.29, 1.82) is 0 Å². The molecule has 0 radical (unpaired) electrons. The summed E-state index contributed by atoms with van der Waals surface area (Å²) < 4.78 is 7.19. The number of aromatic nitrogens is 1. The molecule has 5 nitrogen and oxygen atoms in total. The molecule has 2 aromatic carbocycles. The fourth-order valence-electron chi connectivity index (χ4n) is 4.36. The molecule has 4 rings (SSSR count). The zero-order valence-corrected chi connectivity index (χ0v) is 19.7. The number of hydrogen-bond donors (Lipinski definition) is 0. The number of aryl methyl sites for hydroxylation is 2.